The maximum absolute atomic E-state index is 15.2. The molecule has 1 aromatic heterocycles. The Bertz CT molecular complexity index is 3070. The number of hydrazone groups is 1. The van der Waals surface area contributed by atoms with Crippen molar-refractivity contribution in [3.63, 3.8) is 0 Å². The van der Waals surface area contributed by atoms with Gasteiger partial charge in [-0.3, -0.25) is 9.63 Å². The molecule has 0 N–H and O–H groups in total. The van der Waals surface area contributed by atoms with E-state index in [4.69, 9.17) is 35.9 Å². The van der Waals surface area contributed by atoms with Crippen molar-refractivity contribution in [3.05, 3.63) is 136 Å². The lowest BCUT2D eigenvalue weighted by Gasteiger charge is -2.42. The van der Waals surface area contributed by atoms with Crippen molar-refractivity contribution in [1.82, 2.24) is 34.7 Å². The van der Waals surface area contributed by atoms with Crippen LogP contribution in [0, 0.1) is 23.0 Å². The molecule has 17 nitrogen and oxygen atoms in total. The van der Waals surface area contributed by atoms with Gasteiger partial charge in [-0.1, -0.05) is 84.5 Å². The Kier molecular flexibility index (Phi) is 16.6. The number of likely N-dealkylation sites (tertiary alicyclic amines) is 1. The molecule has 4 aliphatic heterocycles. The number of anilines is 2. The normalized spacial score (nSPS) is 19.5. The zero-order valence-corrected chi connectivity index (χ0v) is 44.5. The minimum atomic E-state index is -1.27. The quantitative estimate of drug-likeness (QED) is 0.0681. The van der Waals surface area contributed by atoms with Gasteiger partial charge in [-0.25, -0.2) is 23.4 Å². The van der Waals surface area contributed by atoms with Crippen LogP contribution >= 0.6 is 23.4 Å². The smallest absolute Gasteiger partial charge is 0.409 e. The Morgan fingerprint density at radius 2 is 1.76 bits per heavy atom. The summed E-state index contributed by atoms with van der Waals surface area (Å²) in [5.41, 5.74) is 3.42. The molecule has 4 aromatic carbocycles. The number of ether oxygens (including phenoxy) is 2. The summed E-state index contributed by atoms with van der Waals surface area (Å²) in [6.07, 6.45) is 2.56. The highest BCUT2D eigenvalue weighted by molar-refractivity contribution is 8.15. The number of piperazine rings is 1. The number of hydrogen-bond acceptors (Lipinski definition) is 14. The van der Waals surface area contributed by atoms with Gasteiger partial charge in [0, 0.05) is 80.6 Å². The predicted molar refractivity (Wildman–Crippen MR) is 288 cm³/mol. The number of carbonyl (C=O) groups is 3. The number of rotatable bonds is 16. The van der Waals surface area contributed by atoms with Gasteiger partial charge < -0.3 is 34.0 Å². The monoisotopic (exact) mass is 1080 g/mol. The van der Waals surface area contributed by atoms with Gasteiger partial charge in [0.05, 0.1) is 42.9 Å². The molecule has 0 aliphatic carbocycles. The topological polar surface area (TPSA) is 164 Å². The molecule has 5 heterocycles. The third kappa shape index (κ3) is 11.2. The molecule has 398 valence electrons. The molecule has 2 fully saturated rings. The van der Waals surface area contributed by atoms with Gasteiger partial charge in [0.25, 0.3) is 5.91 Å². The largest absolute Gasteiger partial charge is 0.462 e. The first-order chi connectivity index (χ1) is 36.7. The number of amides is 4. The Morgan fingerprint density at radius 1 is 0.974 bits per heavy atom. The Morgan fingerprint density at radius 3 is 2.51 bits per heavy atom. The average molecular weight is 1080 g/mol. The summed E-state index contributed by atoms with van der Waals surface area (Å²) in [6, 6.07) is 25.7. The zero-order valence-electron chi connectivity index (χ0n) is 43.0. The zero-order chi connectivity index (χ0) is 53.7. The summed E-state index contributed by atoms with van der Waals surface area (Å²) in [7, 11) is 6.38. The highest BCUT2D eigenvalue weighted by atomic mass is 35.5. The fourth-order valence-electron chi connectivity index (χ4n) is 10.3. The molecule has 0 bridgehead atoms. The second-order valence-electron chi connectivity index (χ2n) is 19.3. The van der Waals surface area contributed by atoms with Crippen LogP contribution in [0.25, 0.3) is 10.8 Å². The fourth-order valence-corrected chi connectivity index (χ4v) is 12.0. The number of urea groups is 1. The van der Waals surface area contributed by atoms with Crippen LogP contribution in [0.1, 0.15) is 54.5 Å². The second kappa shape index (κ2) is 23.5. The summed E-state index contributed by atoms with van der Waals surface area (Å²) in [5, 5.41) is 19.6. The van der Waals surface area contributed by atoms with E-state index in [-0.39, 0.29) is 54.2 Å². The summed E-state index contributed by atoms with van der Waals surface area (Å²) in [5.74, 6) is -1.10. The first kappa shape index (κ1) is 53.8. The van der Waals surface area contributed by atoms with Gasteiger partial charge in [-0.05, 0) is 87.0 Å². The van der Waals surface area contributed by atoms with Crippen LogP contribution in [0.4, 0.5) is 29.9 Å². The summed E-state index contributed by atoms with van der Waals surface area (Å²) in [6.45, 7) is 7.33. The van der Waals surface area contributed by atoms with Crippen LogP contribution in [0.3, 0.4) is 0 Å². The first-order valence-corrected chi connectivity index (χ1v) is 26.4. The number of likely N-dealkylation sites (N-methyl/N-ethyl adjacent to an activating group) is 1. The Labute approximate surface area is 450 Å². The van der Waals surface area contributed by atoms with E-state index >= 15 is 4.39 Å². The Balaban J connectivity index is 0.858. The first-order valence-electron chi connectivity index (χ1n) is 25.2. The van der Waals surface area contributed by atoms with Crippen LogP contribution in [0.2, 0.25) is 5.02 Å². The summed E-state index contributed by atoms with van der Waals surface area (Å²) < 4.78 is 41.7. The van der Waals surface area contributed by atoms with Gasteiger partial charge in [0.15, 0.2) is 0 Å². The number of aromatic nitrogens is 2. The van der Waals surface area contributed by atoms with Crippen molar-refractivity contribution in [2.45, 2.75) is 62.0 Å². The molecule has 0 radical (unpaired) electrons. The molecule has 4 amide bonds. The number of nitriles is 1. The third-order valence-corrected chi connectivity index (χ3v) is 16.3. The molecule has 21 heteroatoms. The van der Waals surface area contributed by atoms with E-state index in [1.54, 1.807) is 24.1 Å². The number of hydroxylamine groups is 2. The number of carbonyl (C=O) groups excluding carboxylic acids is 3. The van der Waals surface area contributed by atoms with Gasteiger partial charge in [0.1, 0.15) is 40.6 Å². The highest BCUT2D eigenvalue weighted by Crippen LogP contribution is 2.51. The number of thioether (sulfide) groups is 1. The van der Waals surface area contributed by atoms with E-state index in [9.17, 15) is 24.0 Å². The second-order valence-corrected chi connectivity index (χ2v) is 21.0. The SMILES string of the molecule is C=C(COC(=O)N(C)CCC[C@@]1(c2ccccc2)SC(c2cc(F)ccc2F)=NN1C(=O)N(C)OC)C(=O)N1CCN(c2nc(OC[C@@H]3CCCN3C)nc3c2CCN(c2cccc4cccc(Cl)c24)C3)C[C@@H]1CC#N. The maximum atomic E-state index is 15.2. The van der Waals surface area contributed by atoms with Crippen LogP contribution < -0.4 is 14.5 Å². The van der Waals surface area contributed by atoms with Crippen LogP contribution in [-0.2, 0) is 32.2 Å². The van der Waals surface area contributed by atoms with Gasteiger partial charge in [-0.15, -0.1) is 0 Å². The molecule has 0 unspecified atom stereocenters. The number of halogens is 3. The van der Waals surface area contributed by atoms with Crippen LogP contribution in [0.15, 0.2) is 102 Å². The van der Waals surface area contributed by atoms with Crippen molar-refractivity contribution in [2.24, 2.45) is 5.10 Å². The maximum Gasteiger partial charge on any atom is 0.409 e. The minimum absolute atomic E-state index is 0.0369. The van der Waals surface area contributed by atoms with Gasteiger partial charge in [0.2, 0.25) is 0 Å². The standard InChI is InChI=1S/C55H60ClF2N11O6S/c1-36(34-75-54(72)64(3)27-12-24-55(38-15-7-6-8-16-38)69(53(71)65(4)73-5)62-50(76-55)43-31-39(57)20-21-45(43)58)51(70)68-30-29-67(32-40(68)22-25-59)49-42-23-28-66(47-19-10-14-37-13-9-18-44(56)48(37)47)33-46(42)60-52(61-49)74-35-41-17-11-26-63(41)2/h6-10,13-16,18-21,31,40-41H,1,11-12,17,22-24,26-30,32-35H2,2-5H3/t40-,41-,55-/m0/s1. The molecular weight excluding hydrogens is 1020 g/mol. The highest BCUT2D eigenvalue weighted by Gasteiger charge is 2.50. The van der Waals surface area contributed by atoms with Crippen molar-refractivity contribution in [2.75, 3.05) is 90.5 Å². The van der Waals surface area contributed by atoms with E-state index in [1.807, 2.05) is 36.4 Å². The van der Waals surface area contributed by atoms with E-state index in [2.05, 4.69) is 57.7 Å². The average Bonchev–Trinajstić information content (AvgIpc) is 4.10. The van der Waals surface area contributed by atoms with E-state index in [0.29, 0.717) is 56.2 Å². The minimum Gasteiger partial charge on any atom is -0.462 e. The molecular formula is C55H60ClF2N11O6S. The number of hydrogen-bond donors (Lipinski definition) is 0. The van der Waals surface area contributed by atoms with Crippen molar-refractivity contribution >= 4 is 68.7 Å². The summed E-state index contributed by atoms with van der Waals surface area (Å²) in [4.78, 5) is 65.2. The van der Waals surface area contributed by atoms with E-state index in [1.165, 1.54) is 24.1 Å². The van der Waals surface area contributed by atoms with E-state index in [0.717, 1.165) is 87.9 Å². The van der Waals surface area contributed by atoms with Crippen LogP contribution in [-0.4, -0.2) is 151 Å². The lowest BCUT2D eigenvalue weighted by atomic mass is 10.0. The molecule has 76 heavy (non-hydrogen) atoms. The van der Waals surface area contributed by atoms with Gasteiger partial charge in [-0.2, -0.15) is 25.3 Å². The lowest BCUT2D eigenvalue weighted by Crippen LogP contribution is -2.56. The Hall–Kier alpha value is -7.05. The van der Waals surface area contributed by atoms with Crippen molar-refractivity contribution in [3.8, 4) is 12.1 Å². The van der Waals surface area contributed by atoms with Crippen molar-refractivity contribution < 1.29 is 37.5 Å². The predicted octanol–water partition coefficient (Wildman–Crippen LogP) is 8.81. The lowest BCUT2D eigenvalue weighted by molar-refractivity contribution is -0.130. The molecule has 2 saturated heterocycles. The summed E-state index contributed by atoms with van der Waals surface area (Å²) >= 11 is 7.88. The molecule has 0 spiro atoms. The number of nitrogens with zero attached hydrogens (tertiary/aromatic N) is 11. The molecule has 9 rings (SSSR count). The van der Waals surface area contributed by atoms with Crippen LogP contribution in [0.5, 0.6) is 6.01 Å². The number of benzene rings is 4. The third-order valence-electron chi connectivity index (χ3n) is 14.5. The molecule has 5 aromatic rings. The van der Waals surface area contributed by atoms with Gasteiger partial charge >= 0.3 is 18.1 Å². The molecule has 3 atom stereocenters. The number of fused-ring (bicyclic) bond motifs is 2. The van der Waals surface area contributed by atoms with E-state index < -0.39 is 47.2 Å². The van der Waals surface area contributed by atoms with Crippen molar-refractivity contribution in [1.29, 1.82) is 5.26 Å². The molecule has 4 aliphatic rings. The fraction of sp³-hybridized carbons (Fsp3) is 0.400. The molecule has 0 saturated carbocycles.